The van der Waals surface area contributed by atoms with E-state index >= 15 is 0 Å². The molecule has 2 rings (SSSR count). The van der Waals surface area contributed by atoms with E-state index < -0.39 is 10.0 Å². The van der Waals surface area contributed by atoms with E-state index in [1.165, 1.54) is 18.3 Å². The van der Waals surface area contributed by atoms with Crippen LogP contribution >= 0.6 is 11.6 Å². The van der Waals surface area contributed by atoms with Crippen LogP contribution in [0.25, 0.3) is 0 Å². The maximum absolute atomic E-state index is 12.2. The molecule has 0 aliphatic carbocycles. The number of nitrogens with zero attached hydrogens (tertiary/aromatic N) is 2. The first-order valence-corrected chi connectivity index (χ1v) is 7.54. The molecular formula is C12H12ClN3O3S. The summed E-state index contributed by atoms with van der Waals surface area (Å²) in [6.07, 6.45) is 1.50. The molecule has 1 heterocycles. The molecule has 0 amide bonds. The molecule has 0 aliphatic rings. The van der Waals surface area contributed by atoms with Crippen LogP contribution in [0.2, 0.25) is 5.02 Å². The van der Waals surface area contributed by atoms with Gasteiger partial charge in [0.1, 0.15) is 4.90 Å². The highest BCUT2D eigenvalue weighted by atomic mass is 35.5. The predicted molar refractivity (Wildman–Crippen MR) is 73.4 cm³/mol. The van der Waals surface area contributed by atoms with Crippen LogP contribution in [0.4, 0.5) is 0 Å². The van der Waals surface area contributed by atoms with Crippen LogP contribution in [-0.4, -0.2) is 23.7 Å². The van der Waals surface area contributed by atoms with Crippen LogP contribution in [0, 0.1) is 0 Å². The van der Waals surface area contributed by atoms with Gasteiger partial charge in [-0.3, -0.25) is 0 Å². The maximum atomic E-state index is 12.2. The highest BCUT2D eigenvalue weighted by Gasteiger charge is 2.18. The van der Waals surface area contributed by atoms with Crippen LogP contribution in [-0.2, 0) is 23.2 Å². The monoisotopic (exact) mass is 313 g/mol. The van der Waals surface area contributed by atoms with Crippen LogP contribution in [0.15, 0.2) is 41.4 Å². The maximum Gasteiger partial charge on any atom is 0.242 e. The van der Waals surface area contributed by atoms with Crippen molar-refractivity contribution in [3.8, 4) is 0 Å². The lowest BCUT2D eigenvalue weighted by Gasteiger charge is -2.09. The van der Waals surface area contributed by atoms with E-state index in [1.807, 2.05) is 0 Å². The lowest BCUT2D eigenvalue weighted by molar-refractivity contribution is 0.281. The molecule has 0 saturated carbocycles. The van der Waals surface area contributed by atoms with Crippen LogP contribution in [0.1, 0.15) is 11.3 Å². The summed E-state index contributed by atoms with van der Waals surface area (Å²) in [7, 11) is -3.78. The second-order valence-electron chi connectivity index (χ2n) is 3.96. The van der Waals surface area contributed by atoms with Gasteiger partial charge in [0.25, 0.3) is 0 Å². The first-order chi connectivity index (χ1) is 9.53. The first kappa shape index (κ1) is 14.9. The summed E-state index contributed by atoms with van der Waals surface area (Å²) in [4.78, 5) is -0.0744. The average molecular weight is 314 g/mol. The fraction of sp³-hybridized carbons (Fsp3) is 0.167. The van der Waals surface area contributed by atoms with Crippen molar-refractivity contribution in [3.63, 3.8) is 0 Å². The molecule has 0 aliphatic heterocycles. The highest BCUT2D eigenvalue weighted by Crippen LogP contribution is 2.22. The molecule has 1 aromatic heterocycles. The van der Waals surface area contributed by atoms with Gasteiger partial charge in [0.15, 0.2) is 0 Å². The van der Waals surface area contributed by atoms with Crippen molar-refractivity contribution in [2.75, 3.05) is 0 Å². The van der Waals surface area contributed by atoms with Crippen molar-refractivity contribution in [2.45, 2.75) is 18.0 Å². The molecule has 1 aromatic carbocycles. The van der Waals surface area contributed by atoms with E-state index in [9.17, 15) is 8.42 Å². The molecule has 0 atom stereocenters. The standard InChI is InChI=1S/C12H12ClN3O3S/c13-11-4-3-9(8-17)6-12(11)20(18,19)15-7-10-2-1-5-14-16-10/h1-6,15,17H,7-8H2. The Morgan fingerprint density at radius 3 is 2.75 bits per heavy atom. The number of hydrogen-bond donors (Lipinski definition) is 2. The fourth-order valence-electron chi connectivity index (χ4n) is 1.53. The SMILES string of the molecule is O=S(=O)(NCc1cccnn1)c1cc(CO)ccc1Cl. The Morgan fingerprint density at radius 1 is 1.30 bits per heavy atom. The topological polar surface area (TPSA) is 92.2 Å². The smallest absolute Gasteiger partial charge is 0.242 e. The summed E-state index contributed by atoms with van der Waals surface area (Å²) in [6, 6.07) is 7.65. The molecule has 0 fully saturated rings. The van der Waals surface area contributed by atoms with Gasteiger partial charge in [0.2, 0.25) is 10.0 Å². The molecule has 8 heteroatoms. The molecule has 2 aromatic rings. The van der Waals surface area contributed by atoms with Crippen molar-refractivity contribution in [2.24, 2.45) is 0 Å². The lowest BCUT2D eigenvalue weighted by Crippen LogP contribution is -2.24. The normalized spacial score (nSPS) is 11.5. The third-order valence-corrected chi connectivity index (χ3v) is 4.42. The average Bonchev–Trinajstić information content (AvgIpc) is 2.47. The molecule has 0 unspecified atom stereocenters. The Morgan fingerprint density at radius 2 is 2.10 bits per heavy atom. The van der Waals surface area contributed by atoms with Gasteiger partial charge in [0, 0.05) is 6.20 Å². The minimum absolute atomic E-state index is 0.00978. The van der Waals surface area contributed by atoms with Crippen molar-refractivity contribution >= 4 is 21.6 Å². The van der Waals surface area contributed by atoms with E-state index in [1.54, 1.807) is 18.2 Å². The van der Waals surface area contributed by atoms with Gasteiger partial charge >= 0.3 is 0 Å². The largest absolute Gasteiger partial charge is 0.392 e. The fourth-order valence-corrected chi connectivity index (χ4v) is 3.07. The van der Waals surface area contributed by atoms with Gasteiger partial charge in [-0.1, -0.05) is 17.7 Å². The van der Waals surface area contributed by atoms with Crippen molar-refractivity contribution in [1.29, 1.82) is 0 Å². The second kappa shape index (κ2) is 6.27. The minimum atomic E-state index is -3.78. The van der Waals surface area contributed by atoms with E-state index in [0.29, 0.717) is 11.3 Å². The van der Waals surface area contributed by atoms with Crippen molar-refractivity contribution in [3.05, 3.63) is 52.8 Å². The molecule has 2 N–H and O–H groups in total. The Hall–Kier alpha value is -1.54. The zero-order valence-electron chi connectivity index (χ0n) is 10.3. The summed E-state index contributed by atoms with van der Waals surface area (Å²) in [6.45, 7) is -0.250. The lowest BCUT2D eigenvalue weighted by atomic mass is 10.2. The van der Waals surface area contributed by atoms with E-state index in [-0.39, 0.29) is 23.1 Å². The zero-order chi connectivity index (χ0) is 14.6. The number of nitrogens with one attached hydrogen (secondary N) is 1. The third-order valence-electron chi connectivity index (χ3n) is 2.54. The molecule has 106 valence electrons. The Bertz CT molecular complexity index is 692. The van der Waals surface area contributed by atoms with Gasteiger partial charge in [-0.15, -0.1) is 0 Å². The van der Waals surface area contributed by atoms with E-state index in [4.69, 9.17) is 16.7 Å². The molecule has 0 spiro atoms. The van der Waals surface area contributed by atoms with Gasteiger partial charge in [-0.05, 0) is 29.8 Å². The molecule has 0 bridgehead atoms. The summed E-state index contributed by atoms with van der Waals surface area (Å²) in [5.74, 6) is 0. The number of benzene rings is 1. The Kier molecular flexibility index (Phi) is 4.66. The molecule has 20 heavy (non-hydrogen) atoms. The first-order valence-electron chi connectivity index (χ1n) is 5.68. The zero-order valence-corrected chi connectivity index (χ0v) is 11.9. The van der Waals surface area contributed by atoms with Crippen LogP contribution in [0.3, 0.4) is 0 Å². The number of hydrogen-bond acceptors (Lipinski definition) is 5. The van der Waals surface area contributed by atoms with E-state index in [2.05, 4.69) is 14.9 Å². The number of rotatable bonds is 5. The van der Waals surface area contributed by atoms with Crippen molar-refractivity contribution < 1.29 is 13.5 Å². The number of aromatic nitrogens is 2. The number of aliphatic hydroxyl groups is 1. The predicted octanol–water partition coefficient (Wildman–Crippen LogP) is 1.10. The van der Waals surface area contributed by atoms with Crippen molar-refractivity contribution in [1.82, 2.24) is 14.9 Å². The second-order valence-corrected chi connectivity index (χ2v) is 6.11. The number of aliphatic hydroxyl groups excluding tert-OH is 1. The molecule has 0 radical (unpaired) electrons. The quantitative estimate of drug-likeness (QED) is 0.862. The van der Waals surface area contributed by atoms with Crippen LogP contribution in [0.5, 0.6) is 0 Å². The Labute approximate surface area is 121 Å². The molecular weight excluding hydrogens is 302 g/mol. The summed E-state index contributed by atoms with van der Waals surface area (Å²) in [5, 5.41) is 16.6. The Balaban J connectivity index is 2.22. The third kappa shape index (κ3) is 3.51. The highest BCUT2D eigenvalue weighted by molar-refractivity contribution is 7.89. The summed E-state index contributed by atoms with van der Waals surface area (Å²) < 4.78 is 26.7. The molecule has 6 nitrogen and oxygen atoms in total. The molecule has 0 saturated heterocycles. The van der Waals surface area contributed by atoms with Gasteiger partial charge in [0.05, 0.1) is 23.9 Å². The van der Waals surface area contributed by atoms with Gasteiger partial charge in [-0.2, -0.15) is 10.2 Å². The number of sulfonamides is 1. The van der Waals surface area contributed by atoms with E-state index in [0.717, 1.165) is 0 Å². The summed E-state index contributed by atoms with van der Waals surface area (Å²) >= 11 is 5.89. The minimum Gasteiger partial charge on any atom is -0.392 e. The van der Waals surface area contributed by atoms with Crippen LogP contribution < -0.4 is 4.72 Å². The van der Waals surface area contributed by atoms with Gasteiger partial charge < -0.3 is 5.11 Å². The number of halogens is 1. The summed E-state index contributed by atoms with van der Waals surface area (Å²) in [5.41, 5.74) is 0.958. The van der Waals surface area contributed by atoms with Gasteiger partial charge in [-0.25, -0.2) is 13.1 Å².